The van der Waals surface area contributed by atoms with E-state index < -0.39 is 0 Å². The van der Waals surface area contributed by atoms with Crippen LogP contribution >= 0.6 is 11.3 Å². The van der Waals surface area contributed by atoms with Crippen molar-refractivity contribution in [1.29, 1.82) is 0 Å². The van der Waals surface area contributed by atoms with E-state index >= 15 is 0 Å². The zero-order valence-corrected chi connectivity index (χ0v) is 9.67. The van der Waals surface area contributed by atoms with Crippen molar-refractivity contribution in [3.63, 3.8) is 0 Å². The van der Waals surface area contributed by atoms with Crippen LogP contribution in [0.1, 0.15) is 18.9 Å². The largest absolute Gasteiger partial charge is 0.493 e. The number of hydrogen-bond donors (Lipinski definition) is 2. The molecule has 2 heterocycles. The van der Waals surface area contributed by atoms with Gasteiger partial charge < -0.3 is 10.1 Å². The van der Waals surface area contributed by atoms with Crippen LogP contribution in [0.2, 0.25) is 0 Å². The fraction of sp³-hybridized carbons (Fsp3) is 0.273. The monoisotopic (exact) mass is 236 g/mol. The molecule has 0 aliphatic heterocycles. The highest BCUT2D eigenvalue weighted by Crippen LogP contribution is 2.20. The van der Waals surface area contributed by atoms with Gasteiger partial charge in [-0.3, -0.25) is 4.79 Å². The average Bonchev–Trinajstić information content (AvgIpc) is 2.76. The minimum Gasteiger partial charge on any atom is -0.493 e. The summed E-state index contributed by atoms with van der Waals surface area (Å²) < 4.78 is 0. The lowest BCUT2D eigenvalue weighted by Crippen LogP contribution is -2.14. The molecular formula is C11H12N2O2S. The Bertz CT molecular complexity index is 531. The number of aromatic hydroxyl groups is 1. The van der Waals surface area contributed by atoms with Crippen LogP contribution in [-0.4, -0.2) is 15.1 Å². The standard InChI is InChI=1S/C11H12N2O2S/c1-2-3-8-10(14)12-9(13-11(8)15)7-4-5-16-6-7/h4-6H,2-3H2,1H3,(H2,12,13,14,15). The molecule has 0 aliphatic carbocycles. The molecule has 0 atom stereocenters. The van der Waals surface area contributed by atoms with Crippen LogP contribution in [0.15, 0.2) is 21.6 Å². The van der Waals surface area contributed by atoms with Crippen molar-refractivity contribution in [2.24, 2.45) is 0 Å². The molecule has 2 aromatic heterocycles. The first-order chi connectivity index (χ1) is 7.72. The molecule has 0 saturated heterocycles. The first-order valence-electron chi connectivity index (χ1n) is 5.07. The molecule has 5 heteroatoms. The lowest BCUT2D eigenvalue weighted by molar-refractivity contribution is 0.443. The van der Waals surface area contributed by atoms with E-state index in [9.17, 15) is 9.90 Å². The summed E-state index contributed by atoms with van der Waals surface area (Å²) in [6.45, 7) is 1.95. The zero-order chi connectivity index (χ0) is 11.5. The van der Waals surface area contributed by atoms with Gasteiger partial charge >= 0.3 is 0 Å². The molecule has 2 rings (SSSR count). The third-order valence-corrected chi connectivity index (χ3v) is 2.97. The molecule has 0 unspecified atom stereocenters. The van der Waals surface area contributed by atoms with Crippen LogP contribution in [0, 0.1) is 0 Å². The van der Waals surface area contributed by atoms with Gasteiger partial charge in [-0.05, 0) is 17.9 Å². The second-order valence-corrected chi connectivity index (χ2v) is 4.26. The number of thiophene rings is 1. The van der Waals surface area contributed by atoms with Crippen molar-refractivity contribution in [2.45, 2.75) is 19.8 Å². The molecule has 0 spiro atoms. The number of rotatable bonds is 3. The maximum Gasteiger partial charge on any atom is 0.258 e. The van der Waals surface area contributed by atoms with Crippen LogP contribution in [0.25, 0.3) is 11.4 Å². The molecule has 0 amide bonds. The minimum atomic E-state index is -0.254. The lowest BCUT2D eigenvalue weighted by Gasteiger charge is -2.03. The van der Waals surface area contributed by atoms with E-state index in [1.54, 1.807) is 0 Å². The second kappa shape index (κ2) is 4.49. The molecular weight excluding hydrogens is 224 g/mol. The Morgan fingerprint density at radius 2 is 2.38 bits per heavy atom. The Morgan fingerprint density at radius 1 is 1.56 bits per heavy atom. The molecule has 0 aliphatic rings. The number of aromatic nitrogens is 2. The maximum atomic E-state index is 11.7. The Hall–Kier alpha value is -1.62. The topological polar surface area (TPSA) is 66.0 Å². The van der Waals surface area contributed by atoms with Gasteiger partial charge in [-0.2, -0.15) is 16.3 Å². The Kier molecular flexibility index (Phi) is 3.05. The molecule has 4 nitrogen and oxygen atoms in total. The molecule has 84 valence electrons. The molecule has 2 aromatic rings. The van der Waals surface area contributed by atoms with Crippen LogP contribution in [0.5, 0.6) is 5.88 Å². The number of nitrogens with zero attached hydrogens (tertiary/aromatic N) is 1. The Morgan fingerprint density at radius 3 is 2.94 bits per heavy atom. The fourth-order valence-corrected chi connectivity index (χ4v) is 2.14. The van der Waals surface area contributed by atoms with E-state index in [0.717, 1.165) is 12.0 Å². The molecule has 0 saturated carbocycles. The first kappa shape index (κ1) is 10.9. The summed E-state index contributed by atoms with van der Waals surface area (Å²) in [5.74, 6) is 0.260. The van der Waals surface area contributed by atoms with Gasteiger partial charge in [-0.15, -0.1) is 0 Å². The Balaban J connectivity index is 2.49. The predicted octanol–water partition coefficient (Wildman–Crippen LogP) is 2.16. The van der Waals surface area contributed by atoms with Gasteiger partial charge in [0.2, 0.25) is 5.88 Å². The van der Waals surface area contributed by atoms with Gasteiger partial charge in [-0.25, -0.2) is 0 Å². The summed E-state index contributed by atoms with van der Waals surface area (Å²) in [7, 11) is 0. The van der Waals surface area contributed by atoms with Crippen molar-refractivity contribution in [3.8, 4) is 17.3 Å². The molecule has 2 N–H and O–H groups in total. The maximum absolute atomic E-state index is 11.7. The SMILES string of the molecule is CCCc1c(O)nc(-c2ccsc2)[nH]c1=O. The molecule has 0 radical (unpaired) electrons. The summed E-state index contributed by atoms with van der Waals surface area (Å²) in [4.78, 5) is 18.4. The van der Waals surface area contributed by atoms with Crippen LogP contribution in [-0.2, 0) is 6.42 Å². The zero-order valence-electron chi connectivity index (χ0n) is 8.86. The number of aromatic amines is 1. The highest BCUT2D eigenvalue weighted by atomic mass is 32.1. The summed E-state index contributed by atoms with van der Waals surface area (Å²) in [6.07, 6.45) is 1.34. The van der Waals surface area contributed by atoms with Gasteiger partial charge in [0, 0.05) is 10.9 Å². The van der Waals surface area contributed by atoms with E-state index in [-0.39, 0.29) is 11.4 Å². The number of H-pyrrole nitrogens is 1. The van der Waals surface area contributed by atoms with Gasteiger partial charge in [-0.1, -0.05) is 13.3 Å². The van der Waals surface area contributed by atoms with Gasteiger partial charge in [0.05, 0.1) is 5.56 Å². The van der Waals surface area contributed by atoms with E-state index in [2.05, 4.69) is 9.97 Å². The van der Waals surface area contributed by atoms with E-state index in [1.807, 2.05) is 23.8 Å². The van der Waals surface area contributed by atoms with Crippen molar-refractivity contribution in [2.75, 3.05) is 0 Å². The summed E-state index contributed by atoms with van der Waals surface area (Å²) in [6, 6.07) is 1.85. The van der Waals surface area contributed by atoms with Crippen molar-refractivity contribution in [3.05, 3.63) is 32.7 Å². The first-order valence-corrected chi connectivity index (χ1v) is 6.01. The van der Waals surface area contributed by atoms with Crippen LogP contribution in [0.3, 0.4) is 0 Å². The second-order valence-electron chi connectivity index (χ2n) is 3.48. The number of nitrogens with one attached hydrogen (secondary N) is 1. The normalized spacial score (nSPS) is 10.6. The van der Waals surface area contributed by atoms with Gasteiger partial charge in [0.15, 0.2) is 0 Å². The van der Waals surface area contributed by atoms with Crippen molar-refractivity contribution in [1.82, 2.24) is 9.97 Å². The van der Waals surface area contributed by atoms with E-state index in [1.165, 1.54) is 11.3 Å². The molecule has 0 fully saturated rings. The summed E-state index contributed by atoms with van der Waals surface area (Å²) >= 11 is 1.52. The van der Waals surface area contributed by atoms with Crippen molar-refractivity contribution < 1.29 is 5.11 Å². The van der Waals surface area contributed by atoms with Crippen molar-refractivity contribution >= 4 is 11.3 Å². The summed E-state index contributed by atoms with van der Waals surface area (Å²) in [5, 5.41) is 13.4. The van der Waals surface area contributed by atoms with Gasteiger partial charge in [0.1, 0.15) is 5.82 Å². The van der Waals surface area contributed by atoms with E-state index in [0.29, 0.717) is 17.8 Å². The third kappa shape index (κ3) is 1.99. The number of hydrogen-bond acceptors (Lipinski definition) is 4. The van der Waals surface area contributed by atoms with E-state index in [4.69, 9.17) is 0 Å². The smallest absolute Gasteiger partial charge is 0.258 e. The molecule has 0 aromatic carbocycles. The average molecular weight is 236 g/mol. The summed E-state index contributed by atoms with van der Waals surface area (Å²) in [5.41, 5.74) is 0.928. The van der Waals surface area contributed by atoms with Gasteiger partial charge in [0.25, 0.3) is 5.56 Å². The lowest BCUT2D eigenvalue weighted by atomic mass is 10.2. The predicted molar refractivity (Wildman–Crippen MR) is 63.8 cm³/mol. The fourth-order valence-electron chi connectivity index (χ4n) is 1.50. The highest BCUT2D eigenvalue weighted by molar-refractivity contribution is 7.08. The van der Waals surface area contributed by atoms with Crippen LogP contribution < -0.4 is 5.56 Å². The Labute approximate surface area is 96.6 Å². The quantitative estimate of drug-likeness (QED) is 0.858. The third-order valence-electron chi connectivity index (χ3n) is 2.29. The molecule has 0 bridgehead atoms. The van der Waals surface area contributed by atoms with Crippen LogP contribution in [0.4, 0.5) is 0 Å². The highest BCUT2D eigenvalue weighted by Gasteiger charge is 2.10. The minimum absolute atomic E-state index is 0.160. The molecule has 16 heavy (non-hydrogen) atoms.